The topological polar surface area (TPSA) is 49.3 Å². The van der Waals surface area contributed by atoms with Crippen LogP contribution in [0.4, 0.5) is 5.82 Å². The number of aromatic nitrogens is 2. The molecule has 0 saturated carbocycles. The molecule has 0 aliphatic carbocycles. The Morgan fingerprint density at radius 2 is 2.17 bits per heavy atom. The van der Waals surface area contributed by atoms with Gasteiger partial charge in [-0.2, -0.15) is 0 Å². The van der Waals surface area contributed by atoms with Crippen molar-refractivity contribution in [1.82, 2.24) is 14.9 Å². The number of amides is 1. The SMILES string of the molecule is CCN(C)c1nc(C)nc2c1CN(C(=O)c1cccc(Br)c1)CC2. The molecule has 1 aliphatic rings. The van der Waals surface area contributed by atoms with Gasteiger partial charge in [0.1, 0.15) is 11.6 Å². The van der Waals surface area contributed by atoms with Gasteiger partial charge in [-0.15, -0.1) is 0 Å². The summed E-state index contributed by atoms with van der Waals surface area (Å²) in [6.45, 7) is 6.12. The van der Waals surface area contributed by atoms with Crippen molar-refractivity contribution in [1.29, 1.82) is 0 Å². The van der Waals surface area contributed by atoms with Crippen LogP contribution >= 0.6 is 15.9 Å². The number of carbonyl (C=O) groups excluding carboxylic acids is 1. The molecule has 0 unspecified atom stereocenters. The zero-order valence-electron chi connectivity index (χ0n) is 14.2. The summed E-state index contributed by atoms with van der Waals surface area (Å²) in [7, 11) is 2.02. The number of hydrogen-bond acceptors (Lipinski definition) is 4. The molecule has 24 heavy (non-hydrogen) atoms. The molecule has 0 bridgehead atoms. The van der Waals surface area contributed by atoms with Gasteiger partial charge in [-0.05, 0) is 32.0 Å². The number of rotatable bonds is 3. The Kier molecular flexibility index (Phi) is 4.85. The molecule has 3 rings (SSSR count). The molecule has 0 saturated heterocycles. The molecular formula is C18H21BrN4O. The third kappa shape index (κ3) is 3.29. The number of nitrogens with zero attached hydrogens (tertiary/aromatic N) is 4. The molecule has 1 aromatic heterocycles. The lowest BCUT2D eigenvalue weighted by molar-refractivity contribution is 0.0733. The van der Waals surface area contributed by atoms with Crippen molar-refractivity contribution < 1.29 is 4.79 Å². The minimum atomic E-state index is 0.0487. The van der Waals surface area contributed by atoms with Crippen LogP contribution in [0.25, 0.3) is 0 Å². The van der Waals surface area contributed by atoms with Gasteiger partial charge in [-0.25, -0.2) is 9.97 Å². The summed E-state index contributed by atoms with van der Waals surface area (Å²) < 4.78 is 0.913. The van der Waals surface area contributed by atoms with E-state index >= 15 is 0 Å². The van der Waals surface area contributed by atoms with Gasteiger partial charge >= 0.3 is 0 Å². The summed E-state index contributed by atoms with van der Waals surface area (Å²) in [5.41, 5.74) is 2.84. The third-order valence-electron chi connectivity index (χ3n) is 4.34. The van der Waals surface area contributed by atoms with Crippen LogP contribution in [0.2, 0.25) is 0 Å². The molecule has 126 valence electrons. The largest absolute Gasteiger partial charge is 0.360 e. The maximum atomic E-state index is 12.8. The van der Waals surface area contributed by atoms with E-state index in [-0.39, 0.29) is 5.91 Å². The first-order valence-electron chi connectivity index (χ1n) is 8.12. The molecule has 1 amide bonds. The second-order valence-electron chi connectivity index (χ2n) is 6.02. The fraction of sp³-hybridized carbons (Fsp3) is 0.389. The van der Waals surface area contributed by atoms with Gasteiger partial charge in [0.25, 0.3) is 5.91 Å². The Hall–Kier alpha value is -1.95. The Balaban J connectivity index is 1.92. The molecule has 2 heterocycles. The van der Waals surface area contributed by atoms with Crippen LogP contribution in [-0.2, 0) is 13.0 Å². The first-order valence-corrected chi connectivity index (χ1v) is 8.91. The maximum Gasteiger partial charge on any atom is 0.254 e. The number of halogens is 1. The molecule has 1 aromatic carbocycles. The van der Waals surface area contributed by atoms with Gasteiger partial charge in [-0.3, -0.25) is 4.79 Å². The van der Waals surface area contributed by atoms with E-state index in [1.807, 2.05) is 43.1 Å². The predicted octanol–water partition coefficient (Wildman–Crippen LogP) is 3.20. The summed E-state index contributed by atoms with van der Waals surface area (Å²) in [5, 5.41) is 0. The summed E-state index contributed by atoms with van der Waals surface area (Å²) in [4.78, 5) is 26.0. The fourth-order valence-electron chi connectivity index (χ4n) is 2.96. The van der Waals surface area contributed by atoms with Crippen molar-refractivity contribution in [3.05, 3.63) is 51.4 Å². The normalized spacial score (nSPS) is 13.6. The smallest absolute Gasteiger partial charge is 0.254 e. The van der Waals surface area contributed by atoms with Crippen LogP contribution in [-0.4, -0.2) is 40.9 Å². The van der Waals surface area contributed by atoms with E-state index in [9.17, 15) is 4.79 Å². The van der Waals surface area contributed by atoms with Gasteiger partial charge in [0.15, 0.2) is 0 Å². The standard InChI is InChI=1S/C18H21BrN4O/c1-4-22(3)17-15-11-23(9-8-16(15)20-12(2)21-17)18(24)13-6-5-7-14(19)10-13/h5-7,10H,4,8-9,11H2,1-3H3. The zero-order chi connectivity index (χ0) is 17.3. The maximum absolute atomic E-state index is 12.8. The second kappa shape index (κ2) is 6.89. The van der Waals surface area contributed by atoms with E-state index in [0.717, 1.165) is 40.3 Å². The number of anilines is 1. The molecule has 0 spiro atoms. The fourth-order valence-corrected chi connectivity index (χ4v) is 3.36. The Morgan fingerprint density at radius 1 is 1.38 bits per heavy atom. The molecule has 1 aliphatic heterocycles. The lowest BCUT2D eigenvalue weighted by Gasteiger charge is -2.31. The van der Waals surface area contributed by atoms with Gasteiger partial charge < -0.3 is 9.80 Å². The number of carbonyl (C=O) groups is 1. The monoisotopic (exact) mass is 388 g/mol. The van der Waals surface area contributed by atoms with Crippen LogP contribution in [0.15, 0.2) is 28.7 Å². The van der Waals surface area contributed by atoms with Crippen molar-refractivity contribution in [2.24, 2.45) is 0 Å². The highest BCUT2D eigenvalue weighted by Crippen LogP contribution is 2.27. The van der Waals surface area contributed by atoms with Gasteiger partial charge in [-0.1, -0.05) is 22.0 Å². The molecule has 2 aromatic rings. The molecule has 0 radical (unpaired) electrons. The molecular weight excluding hydrogens is 368 g/mol. The van der Waals surface area contributed by atoms with Crippen LogP contribution in [0.3, 0.4) is 0 Å². The van der Waals surface area contributed by atoms with Crippen molar-refractivity contribution >= 4 is 27.7 Å². The summed E-state index contributed by atoms with van der Waals surface area (Å²) in [5.74, 6) is 1.77. The van der Waals surface area contributed by atoms with E-state index in [1.54, 1.807) is 0 Å². The lowest BCUT2D eigenvalue weighted by Crippen LogP contribution is -2.38. The zero-order valence-corrected chi connectivity index (χ0v) is 15.8. The van der Waals surface area contributed by atoms with Gasteiger partial charge in [0.05, 0.1) is 12.2 Å². The Bertz CT molecular complexity index is 778. The first-order chi connectivity index (χ1) is 11.5. The predicted molar refractivity (Wildman–Crippen MR) is 98.3 cm³/mol. The quantitative estimate of drug-likeness (QED) is 0.809. The van der Waals surface area contributed by atoms with Gasteiger partial charge in [0, 0.05) is 42.2 Å². The minimum Gasteiger partial charge on any atom is -0.360 e. The van der Waals surface area contributed by atoms with E-state index in [2.05, 4.69) is 37.7 Å². The molecule has 0 N–H and O–H groups in total. The number of fused-ring (bicyclic) bond motifs is 1. The summed E-state index contributed by atoms with van der Waals surface area (Å²) >= 11 is 3.43. The molecule has 0 atom stereocenters. The van der Waals surface area contributed by atoms with Crippen molar-refractivity contribution in [2.45, 2.75) is 26.8 Å². The number of aryl methyl sites for hydroxylation is 1. The average Bonchev–Trinajstić information content (AvgIpc) is 2.59. The highest BCUT2D eigenvalue weighted by Gasteiger charge is 2.26. The molecule has 6 heteroatoms. The van der Waals surface area contributed by atoms with Crippen LogP contribution < -0.4 is 4.90 Å². The Morgan fingerprint density at radius 3 is 2.88 bits per heavy atom. The van der Waals surface area contributed by atoms with E-state index in [1.165, 1.54) is 0 Å². The van der Waals surface area contributed by atoms with Crippen molar-refractivity contribution in [3.8, 4) is 0 Å². The first kappa shape index (κ1) is 16.9. The highest BCUT2D eigenvalue weighted by molar-refractivity contribution is 9.10. The average molecular weight is 389 g/mol. The number of benzene rings is 1. The second-order valence-corrected chi connectivity index (χ2v) is 6.94. The molecule has 5 nitrogen and oxygen atoms in total. The van der Waals surface area contributed by atoms with Gasteiger partial charge in [0.2, 0.25) is 0 Å². The van der Waals surface area contributed by atoms with Crippen molar-refractivity contribution in [3.63, 3.8) is 0 Å². The summed E-state index contributed by atoms with van der Waals surface area (Å²) in [6.07, 6.45) is 0.767. The molecule has 0 fully saturated rings. The summed E-state index contributed by atoms with van der Waals surface area (Å²) in [6, 6.07) is 7.53. The van der Waals surface area contributed by atoms with Crippen LogP contribution in [0.5, 0.6) is 0 Å². The van der Waals surface area contributed by atoms with Crippen LogP contribution in [0.1, 0.15) is 34.4 Å². The lowest BCUT2D eigenvalue weighted by atomic mass is 10.0. The third-order valence-corrected chi connectivity index (χ3v) is 4.84. The number of hydrogen-bond donors (Lipinski definition) is 0. The van der Waals surface area contributed by atoms with E-state index in [4.69, 9.17) is 0 Å². The minimum absolute atomic E-state index is 0.0487. The van der Waals surface area contributed by atoms with Crippen molar-refractivity contribution in [2.75, 3.05) is 25.0 Å². The highest BCUT2D eigenvalue weighted by atomic mass is 79.9. The van der Waals surface area contributed by atoms with E-state index < -0.39 is 0 Å². The van der Waals surface area contributed by atoms with Crippen LogP contribution in [0, 0.1) is 6.92 Å². The van der Waals surface area contributed by atoms with E-state index in [0.29, 0.717) is 18.7 Å². The Labute approximate surface area is 150 Å².